The molecular formula is C21H16FN3O4S. The number of nitrogens with zero attached hydrogens (tertiary/aromatic N) is 2. The number of nitrogens with one attached hydrogen (secondary N) is 1. The molecule has 0 aliphatic heterocycles. The first kappa shape index (κ1) is 19.6. The van der Waals surface area contributed by atoms with E-state index in [1.165, 1.54) is 29.5 Å². The van der Waals surface area contributed by atoms with Crippen molar-refractivity contribution in [3.63, 3.8) is 0 Å². The highest BCUT2D eigenvalue weighted by atomic mass is 32.1. The minimum absolute atomic E-state index is 0.00645. The third-order valence-electron chi connectivity index (χ3n) is 4.26. The second-order valence-corrected chi connectivity index (χ2v) is 7.00. The minimum Gasteiger partial charge on any atom is -0.497 e. The van der Waals surface area contributed by atoms with E-state index in [2.05, 4.69) is 15.5 Å². The van der Waals surface area contributed by atoms with E-state index in [-0.39, 0.29) is 5.76 Å². The number of rotatable bonds is 6. The van der Waals surface area contributed by atoms with Gasteiger partial charge in [0, 0.05) is 28.6 Å². The van der Waals surface area contributed by atoms with Crippen LogP contribution in [-0.2, 0) is 0 Å². The zero-order valence-corrected chi connectivity index (χ0v) is 16.8. The van der Waals surface area contributed by atoms with Gasteiger partial charge in [0.25, 0.3) is 5.91 Å². The summed E-state index contributed by atoms with van der Waals surface area (Å²) < 4.78 is 29.1. The number of thiazole rings is 1. The molecule has 0 saturated carbocycles. The quantitative estimate of drug-likeness (QED) is 0.474. The second kappa shape index (κ2) is 8.34. The molecule has 1 amide bonds. The third-order valence-corrected chi connectivity index (χ3v) is 5.02. The van der Waals surface area contributed by atoms with Crippen LogP contribution in [0.1, 0.15) is 10.6 Å². The fourth-order valence-electron chi connectivity index (χ4n) is 2.79. The summed E-state index contributed by atoms with van der Waals surface area (Å²) in [5.74, 6) is 0.359. The van der Waals surface area contributed by atoms with E-state index in [0.717, 1.165) is 5.56 Å². The fourth-order valence-corrected chi connectivity index (χ4v) is 3.50. The fraction of sp³-hybridized carbons (Fsp3) is 0.0952. The number of hydrogen-bond acceptors (Lipinski definition) is 7. The van der Waals surface area contributed by atoms with E-state index < -0.39 is 11.7 Å². The van der Waals surface area contributed by atoms with Gasteiger partial charge in [-0.15, -0.1) is 11.3 Å². The molecule has 0 radical (unpaired) electrons. The molecule has 0 fully saturated rings. The van der Waals surface area contributed by atoms with Gasteiger partial charge in [-0.3, -0.25) is 10.1 Å². The molecule has 9 heteroatoms. The average molecular weight is 425 g/mol. The maximum Gasteiger partial charge on any atom is 0.296 e. The topological polar surface area (TPSA) is 86.5 Å². The number of aromatic nitrogens is 2. The summed E-state index contributed by atoms with van der Waals surface area (Å²) in [6.07, 6.45) is 0. The summed E-state index contributed by atoms with van der Waals surface area (Å²) >= 11 is 1.26. The molecule has 4 rings (SSSR count). The lowest BCUT2D eigenvalue weighted by Crippen LogP contribution is -2.10. The van der Waals surface area contributed by atoms with Crippen LogP contribution in [0.4, 0.5) is 9.52 Å². The van der Waals surface area contributed by atoms with E-state index in [1.54, 1.807) is 43.9 Å². The number of halogens is 1. The zero-order valence-electron chi connectivity index (χ0n) is 16.0. The first-order valence-electron chi connectivity index (χ1n) is 8.79. The van der Waals surface area contributed by atoms with Crippen molar-refractivity contribution in [1.82, 2.24) is 10.1 Å². The molecular weight excluding hydrogens is 409 g/mol. The van der Waals surface area contributed by atoms with Crippen LogP contribution < -0.4 is 14.8 Å². The summed E-state index contributed by atoms with van der Waals surface area (Å²) in [4.78, 5) is 16.9. The molecule has 2 heterocycles. The lowest BCUT2D eigenvalue weighted by atomic mass is 10.1. The first-order valence-corrected chi connectivity index (χ1v) is 9.67. The molecule has 7 nitrogen and oxygen atoms in total. The van der Waals surface area contributed by atoms with Crippen LogP contribution in [0.2, 0.25) is 0 Å². The Morgan fingerprint density at radius 3 is 2.73 bits per heavy atom. The summed E-state index contributed by atoms with van der Waals surface area (Å²) in [6.45, 7) is 0. The smallest absolute Gasteiger partial charge is 0.296 e. The molecule has 152 valence electrons. The van der Waals surface area contributed by atoms with Crippen molar-refractivity contribution in [2.75, 3.05) is 19.5 Å². The molecule has 1 N–H and O–H groups in total. The number of methoxy groups -OCH3 is 2. The number of carbonyl (C=O) groups is 1. The Balaban J connectivity index is 1.51. The van der Waals surface area contributed by atoms with Gasteiger partial charge < -0.3 is 14.0 Å². The molecule has 0 spiro atoms. The molecule has 0 aliphatic carbocycles. The summed E-state index contributed by atoms with van der Waals surface area (Å²) in [7, 11) is 3.14. The van der Waals surface area contributed by atoms with E-state index in [1.807, 2.05) is 6.07 Å². The minimum atomic E-state index is -0.507. The summed E-state index contributed by atoms with van der Waals surface area (Å²) in [5, 5.41) is 8.70. The molecule has 0 bridgehead atoms. The SMILES string of the molecule is COc1ccc(-c2csc(NC(=O)c3cc(-c4cccc(F)c4)no3)n2)c(OC)c1. The largest absolute Gasteiger partial charge is 0.497 e. The Labute approximate surface area is 175 Å². The van der Waals surface area contributed by atoms with Crippen LogP contribution >= 0.6 is 11.3 Å². The highest BCUT2D eigenvalue weighted by Crippen LogP contribution is 2.35. The van der Waals surface area contributed by atoms with Crippen molar-refractivity contribution in [2.45, 2.75) is 0 Å². The Kier molecular flexibility index (Phi) is 5.44. The summed E-state index contributed by atoms with van der Waals surface area (Å²) in [6, 6.07) is 12.7. The van der Waals surface area contributed by atoms with E-state index >= 15 is 0 Å². The van der Waals surface area contributed by atoms with Crippen molar-refractivity contribution in [1.29, 1.82) is 0 Å². The summed E-state index contributed by atoms with van der Waals surface area (Å²) in [5.41, 5.74) is 2.29. The van der Waals surface area contributed by atoms with Gasteiger partial charge in [0.2, 0.25) is 5.76 Å². The van der Waals surface area contributed by atoms with Gasteiger partial charge in [-0.25, -0.2) is 9.37 Å². The maximum absolute atomic E-state index is 13.4. The predicted molar refractivity (Wildman–Crippen MR) is 111 cm³/mol. The van der Waals surface area contributed by atoms with E-state index in [4.69, 9.17) is 14.0 Å². The van der Waals surface area contributed by atoms with E-state index in [9.17, 15) is 9.18 Å². The molecule has 4 aromatic rings. The molecule has 30 heavy (non-hydrogen) atoms. The molecule has 0 atom stereocenters. The normalized spacial score (nSPS) is 10.6. The number of ether oxygens (including phenoxy) is 2. The van der Waals surface area contributed by atoms with Crippen molar-refractivity contribution >= 4 is 22.4 Å². The number of benzene rings is 2. The monoisotopic (exact) mass is 425 g/mol. The first-order chi connectivity index (χ1) is 14.6. The van der Waals surface area contributed by atoms with Crippen molar-refractivity contribution in [2.24, 2.45) is 0 Å². The lowest BCUT2D eigenvalue weighted by molar-refractivity contribution is 0.0988. The highest BCUT2D eigenvalue weighted by molar-refractivity contribution is 7.14. The van der Waals surface area contributed by atoms with Crippen molar-refractivity contribution in [3.8, 4) is 34.0 Å². The van der Waals surface area contributed by atoms with Crippen LogP contribution in [0.3, 0.4) is 0 Å². The van der Waals surface area contributed by atoms with Gasteiger partial charge in [0.1, 0.15) is 23.0 Å². The Bertz CT molecular complexity index is 1200. The molecule has 2 aromatic carbocycles. The molecule has 2 aromatic heterocycles. The highest BCUT2D eigenvalue weighted by Gasteiger charge is 2.17. The molecule has 0 aliphatic rings. The number of amides is 1. The third kappa shape index (κ3) is 4.01. The van der Waals surface area contributed by atoms with Gasteiger partial charge in [0.05, 0.1) is 19.9 Å². The Morgan fingerprint density at radius 1 is 1.10 bits per heavy atom. The van der Waals surface area contributed by atoms with Gasteiger partial charge in [0.15, 0.2) is 5.13 Å². The second-order valence-electron chi connectivity index (χ2n) is 6.14. The predicted octanol–water partition coefficient (Wildman–Crippen LogP) is 4.87. The average Bonchev–Trinajstić information content (AvgIpc) is 3.43. The van der Waals surface area contributed by atoms with Crippen LogP contribution in [0.25, 0.3) is 22.5 Å². The Hall–Kier alpha value is -3.72. The Morgan fingerprint density at radius 2 is 1.97 bits per heavy atom. The van der Waals surface area contributed by atoms with Crippen LogP contribution in [0.5, 0.6) is 11.5 Å². The number of carbonyl (C=O) groups excluding carboxylic acids is 1. The molecule has 0 saturated heterocycles. The van der Waals surface area contributed by atoms with E-state index in [0.29, 0.717) is 33.6 Å². The van der Waals surface area contributed by atoms with Gasteiger partial charge in [-0.05, 0) is 24.3 Å². The van der Waals surface area contributed by atoms with Gasteiger partial charge >= 0.3 is 0 Å². The van der Waals surface area contributed by atoms with Gasteiger partial charge in [-0.1, -0.05) is 17.3 Å². The van der Waals surface area contributed by atoms with Crippen LogP contribution in [0.15, 0.2) is 58.4 Å². The van der Waals surface area contributed by atoms with Crippen molar-refractivity contribution in [3.05, 3.63) is 65.5 Å². The van der Waals surface area contributed by atoms with Crippen molar-refractivity contribution < 1.29 is 23.2 Å². The lowest BCUT2D eigenvalue weighted by Gasteiger charge is -2.08. The number of anilines is 1. The van der Waals surface area contributed by atoms with Gasteiger partial charge in [-0.2, -0.15) is 0 Å². The zero-order chi connectivity index (χ0) is 21.1. The van der Waals surface area contributed by atoms with Crippen LogP contribution in [0, 0.1) is 5.82 Å². The maximum atomic E-state index is 13.4. The standard InChI is InChI=1S/C21H16FN3O4S/c1-27-14-6-7-15(18(9-14)28-2)17-11-30-21(23-17)24-20(26)19-10-16(25-29-19)12-4-3-5-13(22)8-12/h3-11H,1-2H3,(H,23,24,26). The number of hydrogen-bond donors (Lipinski definition) is 1. The van der Waals surface area contributed by atoms with Crippen LogP contribution in [-0.4, -0.2) is 30.3 Å². The molecule has 0 unspecified atom stereocenters.